The Morgan fingerprint density at radius 3 is 2.48 bits per heavy atom. The summed E-state index contributed by atoms with van der Waals surface area (Å²) < 4.78 is 4.97. The van der Waals surface area contributed by atoms with Gasteiger partial charge in [0.05, 0.1) is 11.9 Å². The Kier molecular flexibility index (Phi) is 5.25. The lowest BCUT2D eigenvalue weighted by molar-refractivity contribution is -0.131. The number of nitrogens with zero attached hydrogens (tertiary/aromatic N) is 2. The van der Waals surface area contributed by atoms with Crippen molar-refractivity contribution in [2.75, 3.05) is 32.7 Å². The van der Waals surface area contributed by atoms with E-state index in [4.69, 9.17) is 4.42 Å². The zero-order valence-electron chi connectivity index (χ0n) is 16.0. The molecule has 3 rings (SSSR count). The molecule has 2 aromatic rings. The summed E-state index contributed by atoms with van der Waals surface area (Å²) in [6.07, 6.45) is 0.249. The third-order valence-corrected chi connectivity index (χ3v) is 4.53. The molecule has 1 aromatic heterocycles. The van der Waals surface area contributed by atoms with E-state index >= 15 is 0 Å². The summed E-state index contributed by atoms with van der Waals surface area (Å²) >= 11 is 0. The predicted octanol–water partition coefficient (Wildman–Crippen LogP) is 1.56. The lowest BCUT2D eigenvalue weighted by Gasteiger charge is -2.35. The maximum atomic E-state index is 12.6. The molecule has 27 heavy (non-hydrogen) atoms. The predicted molar refractivity (Wildman–Crippen MR) is 102 cm³/mol. The van der Waals surface area contributed by atoms with Crippen LogP contribution in [0.2, 0.25) is 0 Å². The Hall–Kier alpha value is -2.77. The average Bonchev–Trinajstić information content (AvgIpc) is 2.98. The summed E-state index contributed by atoms with van der Waals surface area (Å²) in [4.78, 5) is 42.1. The molecule has 0 bridgehead atoms. The zero-order valence-corrected chi connectivity index (χ0v) is 16.0. The number of benzene rings is 1. The molecule has 0 spiro atoms. The molecule has 1 aliphatic heterocycles. The third kappa shape index (κ3) is 4.90. The lowest BCUT2D eigenvalue weighted by Crippen LogP contribution is -2.54. The van der Waals surface area contributed by atoms with Crippen LogP contribution in [-0.2, 0) is 11.2 Å². The lowest BCUT2D eigenvalue weighted by atomic mass is 9.97. The highest BCUT2D eigenvalue weighted by molar-refractivity contribution is 5.81. The van der Waals surface area contributed by atoms with Crippen molar-refractivity contribution in [2.24, 2.45) is 5.41 Å². The smallest absolute Gasteiger partial charge is 0.408 e. The fraction of sp³-hybridized carbons (Fsp3) is 0.526. The van der Waals surface area contributed by atoms with Crippen molar-refractivity contribution in [1.82, 2.24) is 20.1 Å². The highest BCUT2D eigenvalue weighted by Gasteiger charge is 2.25. The summed E-state index contributed by atoms with van der Waals surface area (Å²) in [6.45, 7) is 8.91. The van der Waals surface area contributed by atoms with Crippen LogP contribution < -0.4 is 11.1 Å². The number of hydrogen-bond donors (Lipinski definition) is 2. The number of aromatic amines is 1. The molecule has 1 aliphatic rings. The molecule has 3 amide bonds. The minimum atomic E-state index is -0.505. The van der Waals surface area contributed by atoms with E-state index in [0.717, 1.165) is 5.56 Å². The van der Waals surface area contributed by atoms with Gasteiger partial charge >= 0.3 is 11.8 Å². The van der Waals surface area contributed by atoms with E-state index in [1.807, 2.05) is 0 Å². The SMILES string of the molecule is CC(C)(C)CNC(=O)N1CCN(C(=O)Cc2ccc3oc(=O)[nH]c3c2)CC1. The molecule has 0 aliphatic carbocycles. The number of carbonyl (C=O) groups excluding carboxylic acids is 2. The molecule has 0 unspecified atom stereocenters. The van der Waals surface area contributed by atoms with Crippen LogP contribution in [0, 0.1) is 5.41 Å². The molecular weight excluding hydrogens is 348 g/mol. The normalized spacial score (nSPS) is 15.2. The molecule has 0 atom stereocenters. The Balaban J connectivity index is 1.51. The van der Waals surface area contributed by atoms with Gasteiger partial charge < -0.3 is 19.5 Å². The van der Waals surface area contributed by atoms with E-state index in [9.17, 15) is 14.4 Å². The van der Waals surface area contributed by atoms with Gasteiger partial charge in [0, 0.05) is 32.7 Å². The number of hydrogen-bond acceptors (Lipinski definition) is 4. The molecule has 2 heterocycles. The molecule has 1 fully saturated rings. The van der Waals surface area contributed by atoms with Crippen LogP contribution in [-0.4, -0.2) is 59.4 Å². The second kappa shape index (κ2) is 7.46. The van der Waals surface area contributed by atoms with Gasteiger partial charge in [0.1, 0.15) is 0 Å². The highest BCUT2D eigenvalue weighted by Crippen LogP contribution is 2.14. The number of H-pyrrole nitrogens is 1. The Bertz CT molecular complexity index is 885. The summed E-state index contributed by atoms with van der Waals surface area (Å²) in [5.74, 6) is -0.496. The van der Waals surface area contributed by atoms with Crippen LogP contribution in [0.3, 0.4) is 0 Å². The maximum absolute atomic E-state index is 12.6. The number of aromatic nitrogens is 1. The number of fused-ring (bicyclic) bond motifs is 1. The molecule has 0 saturated carbocycles. The van der Waals surface area contributed by atoms with E-state index in [1.54, 1.807) is 28.0 Å². The zero-order chi connectivity index (χ0) is 19.6. The Morgan fingerprint density at radius 1 is 1.15 bits per heavy atom. The monoisotopic (exact) mass is 374 g/mol. The van der Waals surface area contributed by atoms with Gasteiger partial charge in [0.2, 0.25) is 5.91 Å². The van der Waals surface area contributed by atoms with E-state index in [1.165, 1.54) is 0 Å². The Labute approximate surface area is 157 Å². The van der Waals surface area contributed by atoms with Crippen molar-refractivity contribution < 1.29 is 14.0 Å². The molecule has 0 radical (unpaired) electrons. The average molecular weight is 374 g/mol. The first-order chi connectivity index (χ1) is 12.7. The molecule has 146 valence electrons. The number of nitrogens with one attached hydrogen (secondary N) is 2. The summed E-state index contributed by atoms with van der Waals surface area (Å²) in [5, 5.41) is 2.94. The number of amides is 3. The van der Waals surface area contributed by atoms with Gasteiger partial charge in [-0.05, 0) is 23.1 Å². The van der Waals surface area contributed by atoms with Crippen LogP contribution in [0.4, 0.5) is 4.79 Å². The van der Waals surface area contributed by atoms with Crippen molar-refractivity contribution in [3.05, 3.63) is 34.3 Å². The first-order valence-corrected chi connectivity index (χ1v) is 9.13. The van der Waals surface area contributed by atoms with Crippen molar-refractivity contribution in [3.8, 4) is 0 Å². The first kappa shape index (κ1) is 19.0. The quantitative estimate of drug-likeness (QED) is 0.852. The second-order valence-corrected chi connectivity index (χ2v) is 8.11. The van der Waals surface area contributed by atoms with Crippen LogP contribution in [0.15, 0.2) is 27.4 Å². The maximum Gasteiger partial charge on any atom is 0.417 e. The summed E-state index contributed by atoms with van der Waals surface area (Å²) in [5.41, 5.74) is 1.92. The van der Waals surface area contributed by atoms with Crippen LogP contribution in [0.1, 0.15) is 26.3 Å². The number of oxazole rings is 1. The Morgan fingerprint density at radius 2 is 1.81 bits per heavy atom. The van der Waals surface area contributed by atoms with Gasteiger partial charge in [-0.3, -0.25) is 9.78 Å². The molecule has 1 saturated heterocycles. The second-order valence-electron chi connectivity index (χ2n) is 8.11. The first-order valence-electron chi connectivity index (χ1n) is 9.13. The number of rotatable bonds is 3. The number of urea groups is 1. The van der Waals surface area contributed by atoms with Gasteiger partial charge in [-0.1, -0.05) is 26.8 Å². The van der Waals surface area contributed by atoms with Crippen LogP contribution in [0.5, 0.6) is 0 Å². The molecular formula is C19H26N4O4. The van der Waals surface area contributed by atoms with Gasteiger partial charge in [0.15, 0.2) is 5.58 Å². The van der Waals surface area contributed by atoms with E-state index in [2.05, 4.69) is 31.1 Å². The summed E-state index contributed by atoms with van der Waals surface area (Å²) in [7, 11) is 0. The van der Waals surface area contributed by atoms with Gasteiger partial charge in [-0.15, -0.1) is 0 Å². The van der Waals surface area contributed by atoms with Crippen LogP contribution in [0.25, 0.3) is 11.1 Å². The van der Waals surface area contributed by atoms with Crippen molar-refractivity contribution >= 4 is 23.0 Å². The standard InChI is InChI=1S/C19H26N4O4/c1-19(2,3)12-20-17(25)23-8-6-22(7-9-23)16(24)11-13-4-5-15-14(10-13)21-18(26)27-15/h4-5,10H,6-9,11-12H2,1-3H3,(H,20,25)(H,21,26). The number of piperazine rings is 1. The molecule has 2 N–H and O–H groups in total. The minimum Gasteiger partial charge on any atom is -0.408 e. The van der Waals surface area contributed by atoms with Gasteiger partial charge in [0.25, 0.3) is 0 Å². The van der Waals surface area contributed by atoms with Crippen LogP contribution >= 0.6 is 0 Å². The van der Waals surface area contributed by atoms with E-state index in [-0.39, 0.29) is 23.8 Å². The van der Waals surface area contributed by atoms with E-state index < -0.39 is 5.76 Å². The number of carbonyl (C=O) groups is 2. The van der Waals surface area contributed by atoms with Crippen molar-refractivity contribution in [3.63, 3.8) is 0 Å². The third-order valence-electron chi connectivity index (χ3n) is 4.53. The van der Waals surface area contributed by atoms with Crippen molar-refractivity contribution in [2.45, 2.75) is 27.2 Å². The fourth-order valence-electron chi connectivity index (χ4n) is 3.01. The fourth-order valence-corrected chi connectivity index (χ4v) is 3.01. The molecule has 1 aromatic carbocycles. The van der Waals surface area contributed by atoms with Gasteiger partial charge in [-0.25, -0.2) is 9.59 Å². The van der Waals surface area contributed by atoms with Gasteiger partial charge in [-0.2, -0.15) is 0 Å². The molecule has 8 heteroatoms. The van der Waals surface area contributed by atoms with Crippen molar-refractivity contribution in [1.29, 1.82) is 0 Å². The van der Waals surface area contributed by atoms with E-state index in [0.29, 0.717) is 43.8 Å². The summed E-state index contributed by atoms with van der Waals surface area (Å²) in [6, 6.07) is 5.15. The largest absolute Gasteiger partial charge is 0.417 e. The topological polar surface area (TPSA) is 98.7 Å². The molecule has 8 nitrogen and oxygen atoms in total. The minimum absolute atomic E-state index is 0.00921. The highest BCUT2D eigenvalue weighted by atomic mass is 16.4.